The van der Waals surface area contributed by atoms with Gasteiger partial charge in [0.05, 0.1) is 11.4 Å². The topological polar surface area (TPSA) is 77.6 Å². The summed E-state index contributed by atoms with van der Waals surface area (Å²) in [6.07, 6.45) is -1.67. The molecule has 0 spiro atoms. The van der Waals surface area contributed by atoms with Gasteiger partial charge in [0, 0.05) is 18.9 Å². The summed E-state index contributed by atoms with van der Waals surface area (Å²) in [5, 5.41) is 13.4. The molecule has 0 saturated carbocycles. The van der Waals surface area contributed by atoms with Gasteiger partial charge in [-0.25, -0.2) is 13.8 Å². The number of halogens is 4. The van der Waals surface area contributed by atoms with Crippen molar-refractivity contribution >= 4 is 5.91 Å². The van der Waals surface area contributed by atoms with Crippen molar-refractivity contribution in [3.05, 3.63) is 89.8 Å². The fourth-order valence-electron chi connectivity index (χ4n) is 3.03. The van der Waals surface area contributed by atoms with Crippen LogP contribution in [-0.4, -0.2) is 30.7 Å². The molecule has 2 aromatic carbocycles. The van der Waals surface area contributed by atoms with E-state index in [1.54, 1.807) is 47.4 Å². The Morgan fingerprint density at radius 3 is 2.58 bits per heavy atom. The fraction of sp³-hybridized carbons (Fsp3) is 0.100. The summed E-state index contributed by atoms with van der Waals surface area (Å²) in [7, 11) is 0. The number of carbonyl (C=O) groups is 1. The average Bonchev–Trinajstić information content (AvgIpc) is 3.42. The molecular formula is C20H14F4N6O. The average molecular weight is 430 g/mol. The molecular weight excluding hydrogens is 416 g/mol. The first-order chi connectivity index (χ1) is 14.8. The maximum Gasteiger partial charge on any atom is 0.435 e. The van der Waals surface area contributed by atoms with Gasteiger partial charge in [-0.1, -0.05) is 29.5 Å². The molecule has 0 unspecified atom stereocenters. The minimum Gasteiger partial charge on any atom is -0.346 e. The van der Waals surface area contributed by atoms with E-state index in [1.807, 2.05) is 0 Å². The van der Waals surface area contributed by atoms with Crippen molar-refractivity contribution in [2.24, 2.45) is 0 Å². The number of carbonyl (C=O) groups excluding carboxylic acids is 1. The molecule has 0 aliphatic carbocycles. The second-order valence-electron chi connectivity index (χ2n) is 6.44. The third kappa shape index (κ3) is 4.15. The predicted octanol–water partition coefficient (Wildman–Crippen LogP) is 3.54. The molecule has 0 atom stereocenters. The van der Waals surface area contributed by atoms with E-state index < -0.39 is 29.3 Å². The van der Waals surface area contributed by atoms with Crippen molar-refractivity contribution in [3.63, 3.8) is 0 Å². The molecule has 0 radical (unpaired) electrons. The summed E-state index contributed by atoms with van der Waals surface area (Å²) in [6, 6.07) is 13.1. The van der Waals surface area contributed by atoms with Gasteiger partial charge in [-0.05, 0) is 35.9 Å². The molecule has 0 bridgehead atoms. The lowest BCUT2D eigenvalue weighted by atomic mass is 10.1. The van der Waals surface area contributed by atoms with Gasteiger partial charge < -0.3 is 5.32 Å². The minimum atomic E-state index is -4.95. The van der Waals surface area contributed by atoms with Crippen molar-refractivity contribution in [1.82, 2.24) is 30.1 Å². The zero-order valence-electron chi connectivity index (χ0n) is 15.7. The molecule has 4 aromatic rings. The van der Waals surface area contributed by atoms with Crippen molar-refractivity contribution < 1.29 is 22.4 Å². The molecule has 4 rings (SSSR count). The summed E-state index contributed by atoms with van der Waals surface area (Å²) >= 11 is 0. The highest BCUT2D eigenvalue weighted by Gasteiger charge is 2.42. The molecule has 2 heterocycles. The number of para-hydroxylation sites is 1. The monoisotopic (exact) mass is 430 g/mol. The van der Waals surface area contributed by atoms with Gasteiger partial charge in [-0.3, -0.25) is 4.79 Å². The highest BCUT2D eigenvalue weighted by Crippen LogP contribution is 2.32. The van der Waals surface area contributed by atoms with E-state index in [-0.39, 0.29) is 12.2 Å². The summed E-state index contributed by atoms with van der Waals surface area (Å²) in [4.78, 5) is 12.6. The number of amides is 1. The molecule has 0 saturated heterocycles. The molecule has 7 nitrogen and oxygen atoms in total. The van der Waals surface area contributed by atoms with E-state index in [4.69, 9.17) is 0 Å². The quantitative estimate of drug-likeness (QED) is 0.492. The van der Waals surface area contributed by atoms with E-state index in [2.05, 4.69) is 20.7 Å². The molecule has 1 N–H and O–H groups in total. The molecule has 0 aliphatic rings. The molecule has 11 heteroatoms. The smallest absolute Gasteiger partial charge is 0.346 e. The van der Waals surface area contributed by atoms with Gasteiger partial charge >= 0.3 is 6.18 Å². The Morgan fingerprint density at radius 2 is 1.87 bits per heavy atom. The van der Waals surface area contributed by atoms with Crippen LogP contribution in [-0.2, 0) is 12.7 Å². The predicted molar refractivity (Wildman–Crippen MR) is 101 cm³/mol. The van der Waals surface area contributed by atoms with Crippen LogP contribution in [0.1, 0.15) is 21.7 Å². The van der Waals surface area contributed by atoms with Crippen molar-refractivity contribution in [2.75, 3.05) is 0 Å². The Hall–Kier alpha value is -4.02. The molecule has 0 fully saturated rings. The second kappa shape index (κ2) is 8.01. The van der Waals surface area contributed by atoms with Crippen molar-refractivity contribution in [2.45, 2.75) is 12.7 Å². The summed E-state index contributed by atoms with van der Waals surface area (Å²) < 4.78 is 56.6. The first-order valence-corrected chi connectivity index (χ1v) is 8.99. The third-order valence-corrected chi connectivity index (χ3v) is 4.39. The van der Waals surface area contributed by atoms with Gasteiger partial charge in [0.25, 0.3) is 5.91 Å². The zero-order chi connectivity index (χ0) is 22.0. The van der Waals surface area contributed by atoms with Crippen LogP contribution in [0.5, 0.6) is 0 Å². The fourth-order valence-corrected chi connectivity index (χ4v) is 3.03. The SMILES string of the molecule is O=C(NCc1ccccc1-n1cccn1)c1nnn(-c2cccc(F)c2)c1C(F)(F)F. The van der Waals surface area contributed by atoms with Crippen LogP contribution < -0.4 is 5.32 Å². The van der Waals surface area contributed by atoms with Crippen LogP contribution in [0.4, 0.5) is 17.6 Å². The first kappa shape index (κ1) is 20.3. The summed E-state index contributed by atoms with van der Waals surface area (Å²) in [5.74, 6) is -1.81. The molecule has 1 amide bonds. The lowest BCUT2D eigenvalue weighted by Crippen LogP contribution is -2.27. The highest BCUT2D eigenvalue weighted by atomic mass is 19.4. The lowest BCUT2D eigenvalue weighted by Gasteiger charge is -2.12. The summed E-state index contributed by atoms with van der Waals surface area (Å²) in [5.41, 5.74) is -1.22. The first-order valence-electron chi connectivity index (χ1n) is 8.99. The van der Waals surface area contributed by atoms with Gasteiger partial charge in [-0.15, -0.1) is 5.10 Å². The van der Waals surface area contributed by atoms with Gasteiger partial charge in [0.15, 0.2) is 11.4 Å². The molecule has 158 valence electrons. The van der Waals surface area contributed by atoms with Crippen LogP contribution in [0.25, 0.3) is 11.4 Å². The third-order valence-electron chi connectivity index (χ3n) is 4.39. The van der Waals surface area contributed by atoms with E-state index in [0.717, 1.165) is 12.1 Å². The Kier molecular flexibility index (Phi) is 5.24. The van der Waals surface area contributed by atoms with Crippen LogP contribution in [0.15, 0.2) is 67.0 Å². The van der Waals surface area contributed by atoms with E-state index in [9.17, 15) is 22.4 Å². The number of hydrogen-bond donors (Lipinski definition) is 1. The molecule has 2 aromatic heterocycles. The Balaban J connectivity index is 1.63. The normalized spacial score (nSPS) is 11.5. The number of nitrogens with zero attached hydrogens (tertiary/aromatic N) is 5. The van der Waals surface area contributed by atoms with E-state index in [0.29, 0.717) is 15.9 Å². The van der Waals surface area contributed by atoms with Gasteiger partial charge in [-0.2, -0.15) is 18.3 Å². The highest BCUT2D eigenvalue weighted by molar-refractivity contribution is 5.93. The van der Waals surface area contributed by atoms with Crippen molar-refractivity contribution in [3.8, 4) is 11.4 Å². The maximum absolute atomic E-state index is 13.7. The Morgan fingerprint density at radius 1 is 1.06 bits per heavy atom. The van der Waals surface area contributed by atoms with Crippen molar-refractivity contribution in [1.29, 1.82) is 0 Å². The van der Waals surface area contributed by atoms with Crippen LogP contribution in [0.3, 0.4) is 0 Å². The zero-order valence-corrected chi connectivity index (χ0v) is 15.7. The van der Waals surface area contributed by atoms with Gasteiger partial charge in [0.1, 0.15) is 5.82 Å². The minimum absolute atomic E-state index is 0.0704. The molecule has 0 aliphatic heterocycles. The van der Waals surface area contributed by atoms with E-state index >= 15 is 0 Å². The number of nitrogens with one attached hydrogen (secondary N) is 1. The second-order valence-corrected chi connectivity index (χ2v) is 6.44. The Bertz CT molecular complexity index is 1220. The number of benzene rings is 2. The van der Waals surface area contributed by atoms with Crippen LogP contribution >= 0.6 is 0 Å². The maximum atomic E-state index is 13.7. The number of alkyl halides is 3. The number of rotatable bonds is 5. The summed E-state index contributed by atoms with van der Waals surface area (Å²) in [6.45, 7) is -0.0704. The van der Waals surface area contributed by atoms with Gasteiger partial charge in [0.2, 0.25) is 0 Å². The number of aromatic nitrogens is 5. The standard InChI is InChI=1S/C20H14F4N6O/c21-14-6-3-7-15(11-14)30-18(20(22,23)24)17(27-28-30)19(31)25-12-13-5-1-2-8-16(13)29-10-4-9-26-29/h1-11H,12H2,(H,25,31). The molecule has 31 heavy (non-hydrogen) atoms. The Labute approximate surface area is 172 Å². The number of hydrogen-bond acceptors (Lipinski definition) is 4. The van der Waals surface area contributed by atoms with E-state index in [1.165, 1.54) is 12.1 Å². The lowest BCUT2D eigenvalue weighted by molar-refractivity contribution is -0.143. The van der Waals surface area contributed by atoms with Crippen LogP contribution in [0.2, 0.25) is 0 Å². The van der Waals surface area contributed by atoms with Crippen LogP contribution in [0, 0.1) is 5.82 Å². The largest absolute Gasteiger partial charge is 0.435 e.